The van der Waals surface area contributed by atoms with E-state index < -0.39 is 0 Å². The van der Waals surface area contributed by atoms with Gasteiger partial charge in [0.15, 0.2) is 0 Å². The average Bonchev–Trinajstić information content (AvgIpc) is 3.06. The Morgan fingerprint density at radius 3 is 2.39 bits per heavy atom. The van der Waals surface area contributed by atoms with Crippen molar-refractivity contribution in [1.29, 1.82) is 0 Å². The SMILES string of the molecule is O=C(Cn1c(Cc2ccccc2)nc2ccccc21)N/N=C/c1ccccc1. The number of carbonyl (C=O) groups is 1. The average molecular weight is 368 g/mol. The standard InChI is InChI=1S/C23H20N4O/c28-23(26-24-16-19-11-5-2-6-12-19)17-27-21-14-8-7-13-20(21)25-22(27)15-18-9-3-1-4-10-18/h1-14,16H,15,17H2,(H,26,28)/b24-16+. The summed E-state index contributed by atoms with van der Waals surface area (Å²) in [4.78, 5) is 17.2. The number of amides is 1. The Balaban J connectivity index is 1.54. The minimum atomic E-state index is -0.190. The topological polar surface area (TPSA) is 59.3 Å². The summed E-state index contributed by atoms with van der Waals surface area (Å²) < 4.78 is 1.95. The van der Waals surface area contributed by atoms with Gasteiger partial charge in [-0.3, -0.25) is 4.79 Å². The Labute approximate surface area is 163 Å². The van der Waals surface area contributed by atoms with E-state index in [0.717, 1.165) is 28.0 Å². The molecule has 0 unspecified atom stereocenters. The molecule has 138 valence electrons. The normalized spacial score (nSPS) is 11.1. The van der Waals surface area contributed by atoms with Crippen LogP contribution in [0.1, 0.15) is 17.0 Å². The van der Waals surface area contributed by atoms with Crippen molar-refractivity contribution in [2.75, 3.05) is 0 Å². The van der Waals surface area contributed by atoms with Crippen molar-refractivity contribution in [1.82, 2.24) is 15.0 Å². The summed E-state index contributed by atoms with van der Waals surface area (Å²) in [6, 6.07) is 27.6. The largest absolute Gasteiger partial charge is 0.318 e. The predicted octanol–water partition coefficient (Wildman–Crippen LogP) is 3.78. The van der Waals surface area contributed by atoms with E-state index in [4.69, 9.17) is 4.98 Å². The van der Waals surface area contributed by atoms with Gasteiger partial charge in [-0.25, -0.2) is 10.4 Å². The van der Waals surface area contributed by atoms with E-state index in [-0.39, 0.29) is 12.5 Å². The number of fused-ring (bicyclic) bond motifs is 1. The molecule has 0 atom stereocenters. The molecule has 4 aromatic rings. The van der Waals surface area contributed by atoms with E-state index in [9.17, 15) is 4.79 Å². The predicted molar refractivity (Wildman–Crippen MR) is 111 cm³/mol. The Morgan fingerprint density at radius 1 is 0.929 bits per heavy atom. The van der Waals surface area contributed by atoms with E-state index in [1.807, 2.05) is 77.4 Å². The number of aromatic nitrogens is 2. The third-order valence-corrected chi connectivity index (χ3v) is 4.44. The van der Waals surface area contributed by atoms with Crippen LogP contribution < -0.4 is 5.43 Å². The van der Waals surface area contributed by atoms with E-state index >= 15 is 0 Å². The summed E-state index contributed by atoms with van der Waals surface area (Å²) in [5.41, 5.74) is 6.52. The van der Waals surface area contributed by atoms with Crippen molar-refractivity contribution in [3.8, 4) is 0 Å². The summed E-state index contributed by atoms with van der Waals surface area (Å²) in [7, 11) is 0. The van der Waals surface area contributed by atoms with Crippen molar-refractivity contribution >= 4 is 23.2 Å². The molecule has 0 aliphatic heterocycles. The lowest BCUT2D eigenvalue weighted by molar-refractivity contribution is -0.121. The van der Waals surface area contributed by atoms with Gasteiger partial charge in [0, 0.05) is 6.42 Å². The van der Waals surface area contributed by atoms with Gasteiger partial charge < -0.3 is 4.57 Å². The summed E-state index contributed by atoms with van der Waals surface area (Å²) in [6.07, 6.45) is 2.30. The molecule has 1 heterocycles. The van der Waals surface area contributed by atoms with Crippen LogP contribution in [0.4, 0.5) is 0 Å². The molecular formula is C23H20N4O. The maximum atomic E-state index is 12.5. The number of hydrogen-bond acceptors (Lipinski definition) is 3. The minimum absolute atomic E-state index is 0.162. The molecule has 5 heteroatoms. The highest BCUT2D eigenvalue weighted by Gasteiger charge is 2.13. The van der Waals surface area contributed by atoms with Gasteiger partial charge in [-0.2, -0.15) is 5.10 Å². The quantitative estimate of drug-likeness (QED) is 0.416. The third-order valence-electron chi connectivity index (χ3n) is 4.44. The van der Waals surface area contributed by atoms with Gasteiger partial charge in [0.1, 0.15) is 12.4 Å². The second kappa shape index (κ2) is 8.31. The fourth-order valence-electron chi connectivity index (χ4n) is 3.11. The van der Waals surface area contributed by atoms with E-state index in [2.05, 4.69) is 22.7 Å². The molecule has 0 bridgehead atoms. The Kier molecular flexibility index (Phi) is 5.24. The summed E-state index contributed by atoms with van der Waals surface area (Å²) in [5.74, 6) is 0.666. The zero-order valence-electron chi connectivity index (χ0n) is 15.3. The number of para-hydroxylation sites is 2. The second-order valence-electron chi connectivity index (χ2n) is 6.47. The van der Waals surface area contributed by atoms with Crippen LogP contribution in [-0.2, 0) is 17.8 Å². The molecule has 1 amide bonds. The first kappa shape index (κ1) is 17.7. The monoisotopic (exact) mass is 368 g/mol. The fraction of sp³-hybridized carbons (Fsp3) is 0.0870. The maximum Gasteiger partial charge on any atom is 0.260 e. The first-order chi connectivity index (χ1) is 13.8. The smallest absolute Gasteiger partial charge is 0.260 e. The van der Waals surface area contributed by atoms with Gasteiger partial charge in [-0.1, -0.05) is 72.8 Å². The van der Waals surface area contributed by atoms with Crippen LogP contribution in [0.2, 0.25) is 0 Å². The van der Waals surface area contributed by atoms with Gasteiger partial charge in [-0.15, -0.1) is 0 Å². The first-order valence-corrected chi connectivity index (χ1v) is 9.14. The summed E-state index contributed by atoms with van der Waals surface area (Å²) in [5, 5.41) is 4.06. The minimum Gasteiger partial charge on any atom is -0.318 e. The molecule has 1 N–H and O–H groups in total. The van der Waals surface area contributed by atoms with Crippen LogP contribution in [0.15, 0.2) is 90.0 Å². The first-order valence-electron chi connectivity index (χ1n) is 9.14. The number of hydrogen-bond donors (Lipinski definition) is 1. The number of carbonyl (C=O) groups excluding carboxylic acids is 1. The molecule has 0 aliphatic carbocycles. The number of nitrogens with one attached hydrogen (secondary N) is 1. The molecule has 5 nitrogen and oxygen atoms in total. The fourth-order valence-corrected chi connectivity index (χ4v) is 3.11. The van der Waals surface area contributed by atoms with Crippen LogP contribution >= 0.6 is 0 Å². The lowest BCUT2D eigenvalue weighted by Crippen LogP contribution is -2.24. The van der Waals surface area contributed by atoms with Gasteiger partial charge in [0.2, 0.25) is 0 Å². The molecule has 0 radical (unpaired) electrons. The van der Waals surface area contributed by atoms with E-state index in [1.54, 1.807) is 6.21 Å². The molecule has 28 heavy (non-hydrogen) atoms. The Hall–Kier alpha value is -3.73. The van der Waals surface area contributed by atoms with Crippen LogP contribution in [0.5, 0.6) is 0 Å². The molecular weight excluding hydrogens is 348 g/mol. The van der Waals surface area contributed by atoms with Crippen molar-refractivity contribution < 1.29 is 4.79 Å². The number of benzene rings is 3. The number of nitrogens with zero attached hydrogens (tertiary/aromatic N) is 3. The van der Waals surface area contributed by atoms with Gasteiger partial charge in [0.05, 0.1) is 17.2 Å². The highest BCUT2D eigenvalue weighted by atomic mass is 16.2. The van der Waals surface area contributed by atoms with Gasteiger partial charge in [0.25, 0.3) is 5.91 Å². The molecule has 0 spiro atoms. The molecule has 0 saturated carbocycles. The highest BCUT2D eigenvalue weighted by Crippen LogP contribution is 2.18. The number of hydrazone groups is 1. The van der Waals surface area contributed by atoms with Crippen LogP contribution in [0.3, 0.4) is 0 Å². The van der Waals surface area contributed by atoms with Crippen molar-refractivity contribution in [2.24, 2.45) is 5.10 Å². The van der Waals surface area contributed by atoms with Crippen molar-refractivity contribution in [3.05, 3.63) is 102 Å². The zero-order valence-corrected chi connectivity index (χ0v) is 15.3. The molecule has 3 aromatic carbocycles. The Bertz CT molecular complexity index is 1100. The highest BCUT2D eigenvalue weighted by molar-refractivity contribution is 5.83. The lowest BCUT2D eigenvalue weighted by Gasteiger charge is -2.08. The summed E-state index contributed by atoms with van der Waals surface area (Å²) in [6.45, 7) is 0.162. The van der Waals surface area contributed by atoms with Crippen LogP contribution in [0, 0.1) is 0 Å². The summed E-state index contributed by atoms with van der Waals surface area (Å²) >= 11 is 0. The lowest BCUT2D eigenvalue weighted by atomic mass is 10.1. The van der Waals surface area contributed by atoms with E-state index in [0.29, 0.717) is 6.42 Å². The van der Waals surface area contributed by atoms with Crippen molar-refractivity contribution in [2.45, 2.75) is 13.0 Å². The molecule has 1 aromatic heterocycles. The maximum absolute atomic E-state index is 12.5. The third kappa shape index (κ3) is 4.15. The number of imidazole rings is 1. The van der Waals surface area contributed by atoms with E-state index in [1.165, 1.54) is 0 Å². The molecule has 0 aliphatic rings. The van der Waals surface area contributed by atoms with Gasteiger partial charge in [-0.05, 0) is 23.3 Å². The Morgan fingerprint density at radius 2 is 1.61 bits per heavy atom. The van der Waals surface area contributed by atoms with Crippen LogP contribution in [-0.4, -0.2) is 21.7 Å². The van der Waals surface area contributed by atoms with Gasteiger partial charge >= 0.3 is 0 Å². The van der Waals surface area contributed by atoms with Crippen LogP contribution in [0.25, 0.3) is 11.0 Å². The molecule has 0 saturated heterocycles. The number of rotatable bonds is 6. The molecule has 0 fully saturated rings. The van der Waals surface area contributed by atoms with Crippen molar-refractivity contribution in [3.63, 3.8) is 0 Å². The molecule has 4 rings (SSSR count). The second-order valence-corrected chi connectivity index (χ2v) is 6.47. The zero-order chi connectivity index (χ0) is 19.2.